The van der Waals surface area contributed by atoms with Crippen LogP contribution in [0.2, 0.25) is 0 Å². The normalized spacial score (nSPS) is 23.8. The fraction of sp³-hybridized carbons (Fsp3) is 0.425. The molecule has 0 radical (unpaired) electrons. The number of hydrogen-bond donors (Lipinski definition) is 3. The van der Waals surface area contributed by atoms with E-state index in [2.05, 4.69) is 25.4 Å². The Morgan fingerprint density at radius 1 is 0.849 bits per heavy atom. The van der Waals surface area contributed by atoms with E-state index >= 15 is 8.78 Å². The molecule has 4 N–H and O–H groups in total. The Hall–Kier alpha value is -5.04. The zero-order valence-corrected chi connectivity index (χ0v) is 29.3. The molecule has 3 aliphatic heterocycles. The molecule has 0 bridgehead atoms. The molecule has 0 unspecified atom stereocenters. The minimum atomic E-state index is -2.98. The van der Waals surface area contributed by atoms with Crippen LogP contribution in [0.4, 0.5) is 24.7 Å². The molecule has 1 atom stereocenters. The lowest BCUT2D eigenvalue weighted by molar-refractivity contribution is -0.134. The number of nitrogen functional groups attached to an aromatic ring is 1. The largest absolute Gasteiger partial charge is 0.504 e. The van der Waals surface area contributed by atoms with Gasteiger partial charge in [0.2, 0.25) is 11.8 Å². The fourth-order valence-electron chi connectivity index (χ4n) is 9.00. The second-order valence-electron chi connectivity index (χ2n) is 14.8. The average Bonchev–Trinajstić information content (AvgIpc) is 3.17. The molecule has 276 valence electrons. The summed E-state index contributed by atoms with van der Waals surface area (Å²) in [6, 6.07) is 15.1. The van der Waals surface area contributed by atoms with Crippen LogP contribution >= 0.6 is 0 Å². The van der Waals surface area contributed by atoms with E-state index in [0.29, 0.717) is 40.9 Å². The number of nitrogens with zero attached hydrogens (tertiary/aromatic N) is 5. The summed E-state index contributed by atoms with van der Waals surface area (Å²) in [5.74, 6) is -4.45. The number of halogens is 3. The van der Waals surface area contributed by atoms with E-state index in [1.165, 1.54) is 12.1 Å². The number of likely N-dealkylation sites (tertiary alicyclic amines) is 1. The molecule has 10 nitrogen and oxygen atoms in total. The molecule has 3 fully saturated rings. The number of pyridine rings is 1. The number of hydrogen-bond acceptors (Lipinski definition) is 9. The van der Waals surface area contributed by atoms with Crippen molar-refractivity contribution in [1.29, 1.82) is 0 Å². The number of aromatic nitrogens is 3. The molecular formula is C40H42F3N7O3. The van der Waals surface area contributed by atoms with Gasteiger partial charge in [-0.15, -0.1) is 10.2 Å². The number of benzene rings is 2. The molecule has 2 amide bonds. The number of nitrogens with two attached hydrogens (primary N) is 1. The van der Waals surface area contributed by atoms with Crippen molar-refractivity contribution in [3.8, 4) is 28.3 Å². The lowest BCUT2D eigenvalue weighted by Gasteiger charge is -2.44. The fourth-order valence-corrected chi connectivity index (χ4v) is 9.00. The smallest absolute Gasteiger partial charge is 0.277 e. The number of phenols is 1. The van der Waals surface area contributed by atoms with E-state index in [4.69, 9.17) is 5.73 Å². The van der Waals surface area contributed by atoms with Crippen molar-refractivity contribution >= 4 is 23.3 Å². The van der Waals surface area contributed by atoms with Gasteiger partial charge in [-0.2, -0.15) is 0 Å². The predicted molar refractivity (Wildman–Crippen MR) is 194 cm³/mol. The minimum absolute atomic E-state index is 0.0158. The van der Waals surface area contributed by atoms with Crippen LogP contribution in [0, 0.1) is 5.82 Å². The third-order valence-electron chi connectivity index (χ3n) is 11.8. The van der Waals surface area contributed by atoms with Gasteiger partial charge in [0, 0.05) is 54.0 Å². The second kappa shape index (κ2) is 14.1. The van der Waals surface area contributed by atoms with Gasteiger partial charge in [-0.3, -0.25) is 19.9 Å². The number of rotatable bonds is 6. The molecule has 0 spiro atoms. The summed E-state index contributed by atoms with van der Waals surface area (Å²) >= 11 is 0. The summed E-state index contributed by atoms with van der Waals surface area (Å²) in [7, 11) is 0. The van der Waals surface area contributed by atoms with Crippen LogP contribution < -0.4 is 16.0 Å². The lowest BCUT2D eigenvalue weighted by Crippen LogP contribution is -2.55. The van der Waals surface area contributed by atoms with Gasteiger partial charge in [-0.05, 0) is 117 Å². The molecule has 53 heavy (non-hydrogen) atoms. The van der Waals surface area contributed by atoms with Gasteiger partial charge in [0.1, 0.15) is 6.04 Å². The summed E-state index contributed by atoms with van der Waals surface area (Å²) in [5, 5.41) is 20.8. The maximum absolute atomic E-state index is 15.7. The third-order valence-corrected chi connectivity index (χ3v) is 11.8. The van der Waals surface area contributed by atoms with Crippen LogP contribution in [0.3, 0.4) is 0 Å². The molecule has 1 aliphatic carbocycles. The first kappa shape index (κ1) is 35.0. The first-order chi connectivity index (χ1) is 25.6. The van der Waals surface area contributed by atoms with Crippen molar-refractivity contribution in [3.63, 3.8) is 0 Å². The number of alkyl halides is 2. The zero-order valence-electron chi connectivity index (χ0n) is 29.3. The molecule has 2 aromatic carbocycles. The maximum Gasteiger partial charge on any atom is 0.277 e. The van der Waals surface area contributed by atoms with Crippen LogP contribution in [-0.4, -0.2) is 68.7 Å². The molecular weight excluding hydrogens is 683 g/mol. The van der Waals surface area contributed by atoms with Crippen molar-refractivity contribution in [2.45, 2.75) is 87.6 Å². The number of amides is 2. The first-order valence-electron chi connectivity index (χ1n) is 18.5. The highest BCUT2D eigenvalue weighted by atomic mass is 19.3. The summed E-state index contributed by atoms with van der Waals surface area (Å²) in [6.45, 7) is 1.93. The molecule has 2 aromatic heterocycles. The summed E-state index contributed by atoms with van der Waals surface area (Å²) < 4.78 is 45.4. The monoisotopic (exact) mass is 725 g/mol. The highest BCUT2D eigenvalue weighted by Crippen LogP contribution is 2.50. The molecule has 5 heterocycles. The standard InChI is InChI=1S/C40H42F3N7O3/c41-30-5-1-4-28(37(30)52)32-22-29(38(44)48-47-32)31-21-25(13-17-45-31)23-14-18-49(19-15-23)26-9-7-24(8-10-26)27-3-2-6-33-36(27)40(42,43)16-20-50(33)34-11-12-35(51)46-39(34)53/h1-6,13,17,21-24,26,34,52H,7-12,14-16,18-20H2,(H2,44,48)(H,46,51,53)/t24?,26?,34-/m1/s1. The second-order valence-corrected chi connectivity index (χ2v) is 14.8. The lowest BCUT2D eigenvalue weighted by atomic mass is 9.76. The SMILES string of the molecule is Nc1nnc(-c2cccc(F)c2O)cc1-c1cc(C2CCN(C3CCC(c4cccc5c4C(F)(F)CCN5[C@@H]4CCC(=O)NC4=O)CC3)CC2)ccn1. The highest BCUT2D eigenvalue weighted by molar-refractivity contribution is 6.01. The number of anilines is 2. The Labute approximate surface area is 305 Å². The number of carbonyl (C=O) groups is 2. The first-order valence-corrected chi connectivity index (χ1v) is 18.5. The van der Waals surface area contributed by atoms with Gasteiger partial charge in [0.25, 0.3) is 5.92 Å². The van der Waals surface area contributed by atoms with Crippen molar-refractivity contribution in [3.05, 3.63) is 83.3 Å². The number of piperidine rings is 2. The van der Waals surface area contributed by atoms with Gasteiger partial charge in [-0.25, -0.2) is 13.2 Å². The number of aromatic hydroxyl groups is 1. The van der Waals surface area contributed by atoms with E-state index in [-0.39, 0.29) is 53.9 Å². The number of para-hydroxylation sites is 1. The number of fused-ring (bicyclic) bond motifs is 1. The summed E-state index contributed by atoms with van der Waals surface area (Å²) in [5.41, 5.74) is 10.2. The van der Waals surface area contributed by atoms with E-state index in [1.54, 1.807) is 29.3 Å². The molecule has 1 saturated carbocycles. The van der Waals surface area contributed by atoms with Gasteiger partial charge >= 0.3 is 0 Å². The van der Waals surface area contributed by atoms with E-state index in [1.807, 2.05) is 24.3 Å². The number of phenolic OH excluding ortho intramolecular Hbond substituents is 1. The Morgan fingerprint density at radius 3 is 2.40 bits per heavy atom. The Morgan fingerprint density at radius 2 is 1.62 bits per heavy atom. The van der Waals surface area contributed by atoms with Crippen molar-refractivity contribution in [2.24, 2.45) is 0 Å². The van der Waals surface area contributed by atoms with Gasteiger partial charge in [-0.1, -0.05) is 18.2 Å². The van der Waals surface area contributed by atoms with Gasteiger partial charge in [0.05, 0.1) is 11.4 Å². The molecule has 13 heteroatoms. The van der Waals surface area contributed by atoms with Crippen molar-refractivity contribution in [2.75, 3.05) is 30.3 Å². The summed E-state index contributed by atoms with van der Waals surface area (Å²) in [6.07, 6.45) is 7.35. The van der Waals surface area contributed by atoms with Gasteiger partial charge < -0.3 is 20.6 Å². The quantitative estimate of drug-likeness (QED) is 0.187. The van der Waals surface area contributed by atoms with Crippen LogP contribution in [0.5, 0.6) is 5.75 Å². The van der Waals surface area contributed by atoms with E-state index < -0.39 is 29.4 Å². The number of nitrogens with one attached hydrogen (secondary N) is 1. The molecule has 4 aliphatic rings. The predicted octanol–water partition coefficient (Wildman–Crippen LogP) is 6.65. The van der Waals surface area contributed by atoms with Crippen LogP contribution in [-0.2, 0) is 15.5 Å². The van der Waals surface area contributed by atoms with Gasteiger partial charge in [0.15, 0.2) is 17.4 Å². The third kappa shape index (κ3) is 6.71. The van der Waals surface area contributed by atoms with Crippen molar-refractivity contribution < 1.29 is 27.9 Å². The molecule has 2 saturated heterocycles. The Bertz CT molecular complexity index is 2050. The molecule has 8 rings (SSSR count). The van der Waals surface area contributed by atoms with Crippen LogP contribution in [0.25, 0.3) is 22.5 Å². The van der Waals surface area contributed by atoms with Crippen LogP contribution in [0.15, 0.2) is 60.8 Å². The van der Waals surface area contributed by atoms with E-state index in [0.717, 1.165) is 57.2 Å². The zero-order chi connectivity index (χ0) is 36.9. The highest BCUT2D eigenvalue weighted by Gasteiger charge is 2.46. The van der Waals surface area contributed by atoms with E-state index in [9.17, 15) is 19.1 Å². The average molecular weight is 726 g/mol. The number of carbonyl (C=O) groups excluding carboxylic acids is 2. The topological polar surface area (TPSA) is 138 Å². The Balaban J connectivity index is 0.920. The maximum atomic E-state index is 15.7. The Kier molecular flexibility index (Phi) is 9.30. The molecule has 4 aromatic rings. The summed E-state index contributed by atoms with van der Waals surface area (Å²) in [4.78, 5) is 33.4. The minimum Gasteiger partial charge on any atom is -0.504 e. The van der Waals surface area contributed by atoms with Crippen LogP contribution in [0.1, 0.15) is 86.3 Å². The van der Waals surface area contributed by atoms with Crippen molar-refractivity contribution in [1.82, 2.24) is 25.4 Å². The number of imide groups is 1.